The maximum absolute atomic E-state index is 6.36. The minimum Gasteiger partial charge on any atom is -0.493 e. The molecule has 0 fully saturated rings. The second-order valence-corrected chi connectivity index (χ2v) is 6.65. The third-order valence-corrected chi connectivity index (χ3v) is 5.18. The lowest BCUT2D eigenvalue weighted by Gasteiger charge is -2.36. The minimum absolute atomic E-state index is 0.689. The van der Waals surface area contributed by atoms with Crippen LogP contribution in [-0.2, 0) is 0 Å². The lowest BCUT2D eigenvalue weighted by molar-refractivity contribution is 0.354. The number of methoxy groups -OCH3 is 2. The first-order valence-electron chi connectivity index (χ1n) is 8.63. The highest BCUT2D eigenvalue weighted by Crippen LogP contribution is 2.39. The maximum Gasteiger partial charge on any atom is 0.161 e. The first-order chi connectivity index (χ1) is 13.1. The number of halogens is 1. The number of nitrogens with zero attached hydrogens (tertiary/aromatic N) is 3. The topological polar surface area (TPSA) is 37.3 Å². The van der Waals surface area contributed by atoms with Gasteiger partial charge in [-0.15, -0.1) is 0 Å². The first-order valence-corrected chi connectivity index (χ1v) is 9.01. The van der Waals surface area contributed by atoms with E-state index in [1.54, 1.807) is 14.2 Å². The Balaban J connectivity index is 1.77. The first kappa shape index (κ1) is 17.5. The molecule has 5 nitrogen and oxygen atoms in total. The van der Waals surface area contributed by atoms with Gasteiger partial charge in [0.2, 0.25) is 0 Å². The summed E-state index contributed by atoms with van der Waals surface area (Å²) in [6, 6.07) is 11.9. The van der Waals surface area contributed by atoms with Gasteiger partial charge in [0, 0.05) is 16.8 Å². The van der Waals surface area contributed by atoms with Crippen molar-refractivity contribution >= 4 is 29.2 Å². The van der Waals surface area contributed by atoms with Crippen LogP contribution in [0.15, 0.2) is 59.4 Å². The molecule has 0 bridgehead atoms. The molecule has 0 saturated heterocycles. The summed E-state index contributed by atoms with van der Waals surface area (Å²) in [5.41, 5.74) is 4.11. The van der Waals surface area contributed by atoms with Gasteiger partial charge in [0.05, 0.1) is 32.1 Å². The molecule has 0 radical (unpaired) electrons. The molecule has 0 amide bonds. The van der Waals surface area contributed by atoms with Gasteiger partial charge in [-0.1, -0.05) is 17.7 Å². The van der Waals surface area contributed by atoms with Crippen molar-refractivity contribution < 1.29 is 9.47 Å². The van der Waals surface area contributed by atoms with Gasteiger partial charge >= 0.3 is 0 Å². The molecule has 2 heterocycles. The van der Waals surface area contributed by atoms with E-state index in [2.05, 4.69) is 27.2 Å². The molecule has 0 unspecified atom stereocenters. The average molecular weight is 382 g/mol. The molecule has 0 saturated carbocycles. The highest BCUT2D eigenvalue weighted by atomic mass is 35.5. The fourth-order valence-corrected chi connectivity index (χ4v) is 3.54. The second kappa shape index (κ2) is 7.00. The predicted octanol–water partition coefficient (Wildman–Crippen LogP) is 4.67. The zero-order valence-corrected chi connectivity index (χ0v) is 16.2. The number of anilines is 1. The van der Waals surface area contributed by atoms with Crippen LogP contribution >= 0.6 is 11.6 Å². The highest BCUT2D eigenvalue weighted by Gasteiger charge is 2.31. The fourth-order valence-electron chi connectivity index (χ4n) is 3.37. The SMILES string of the molecule is COc1ccc(C2=CC=NC3=CCN(c4cccc(Cl)c4C)N32)cc1OC. The second-order valence-electron chi connectivity index (χ2n) is 6.24. The van der Waals surface area contributed by atoms with Crippen molar-refractivity contribution in [1.29, 1.82) is 0 Å². The van der Waals surface area contributed by atoms with E-state index in [0.29, 0.717) is 11.5 Å². The molecule has 4 rings (SSSR count). The standard InChI is InChI=1S/C21H20ClN3O2/c1-14-16(22)5-4-6-17(14)24-12-10-21-23-11-9-18(25(21)24)15-7-8-19(26-2)20(13-15)27-3/h4-11,13H,12H2,1-3H3. The van der Waals surface area contributed by atoms with Gasteiger partial charge in [0.25, 0.3) is 0 Å². The van der Waals surface area contributed by atoms with Crippen molar-refractivity contribution in [1.82, 2.24) is 5.01 Å². The van der Waals surface area contributed by atoms with Crippen LogP contribution in [0.5, 0.6) is 11.5 Å². The van der Waals surface area contributed by atoms with Gasteiger partial charge in [-0.05, 0) is 55.0 Å². The molecule has 2 aliphatic heterocycles. The van der Waals surface area contributed by atoms with Crippen LogP contribution in [0.1, 0.15) is 11.1 Å². The molecule has 138 valence electrons. The molecule has 6 heteroatoms. The zero-order valence-electron chi connectivity index (χ0n) is 15.4. The van der Waals surface area contributed by atoms with E-state index in [1.807, 2.05) is 49.5 Å². The summed E-state index contributed by atoms with van der Waals surface area (Å²) in [5, 5.41) is 5.04. The van der Waals surface area contributed by atoms with E-state index < -0.39 is 0 Å². The summed E-state index contributed by atoms with van der Waals surface area (Å²) in [7, 11) is 3.27. The lowest BCUT2D eigenvalue weighted by Crippen LogP contribution is -2.37. The molecule has 2 aromatic carbocycles. The smallest absolute Gasteiger partial charge is 0.161 e. The number of aliphatic imine (C=N–C) groups is 1. The Bertz CT molecular complexity index is 981. The molecule has 0 spiro atoms. The van der Waals surface area contributed by atoms with Crippen molar-refractivity contribution in [3.63, 3.8) is 0 Å². The lowest BCUT2D eigenvalue weighted by atomic mass is 10.1. The van der Waals surface area contributed by atoms with Gasteiger partial charge in [-0.3, -0.25) is 5.01 Å². The van der Waals surface area contributed by atoms with Crippen LogP contribution in [0.2, 0.25) is 5.02 Å². The number of hydrogen-bond donors (Lipinski definition) is 0. The molecule has 2 aliphatic rings. The van der Waals surface area contributed by atoms with Crippen molar-refractivity contribution in [3.8, 4) is 11.5 Å². The number of allylic oxidation sites excluding steroid dienone is 1. The Morgan fingerprint density at radius 3 is 2.67 bits per heavy atom. The Kier molecular flexibility index (Phi) is 4.54. The van der Waals surface area contributed by atoms with E-state index in [9.17, 15) is 0 Å². The van der Waals surface area contributed by atoms with E-state index in [-0.39, 0.29) is 0 Å². The quantitative estimate of drug-likeness (QED) is 0.771. The molecule has 2 aromatic rings. The van der Waals surface area contributed by atoms with Crippen LogP contribution in [0.3, 0.4) is 0 Å². The summed E-state index contributed by atoms with van der Waals surface area (Å²) >= 11 is 6.36. The van der Waals surface area contributed by atoms with Crippen LogP contribution in [0, 0.1) is 6.92 Å². The zero-order chi connectivity index (χ0) is 19.0. The number of benzene rings is 2. The number of fused-ring (bicyclic) bond motifs is 1. The third-order valence-electron chi connectivity index (χ3n) is 4.77. The van der Waals surface area contributed by atoms with Gasteiger partial charge in [-0.2, -0.15) is 0 Å². The Morgan fingerprint density at radius 2 is 1.89 bits per heavy atom. The molecular weight excluding hydrogens is 362 g/mol. The number of rotatable bonds is 4. The van der Waals surface area contributed by atoms with Crippen molar-refractivity contribution in [2.75, 3.05) is 25.8 Å². The molecule has 0 N–H and O–H groups in total. The van der Waals surface area contributed by atoms with Crippen LogP contribution < -0.4 is 14.5 Å². The molecule has 27 heavy (non-hydrogen) atoms. The Labute approximate surface area is 163 Å². The Hall–Kier alpha value is -2.92. The highest BCUT2D eigenvalue weighted by molar-refractivity contribution is 6.31. The minimum atomic E-state index is 0.689. The van der Waals surface area contributed by atoms with Crippen molar-refractivity contribution in [3.05, 3.63) is 70.5 Å². The Morgan fingerprint density at radius 1 is 1.07 bits per heavy atom. The monoisotopic (exact) mass is 381 g/mol. The van der Waals surface area contributed by atoms with Crippen LogP contribution in [-0.4, -0.2) is 32.0 Å². The number of hydrazine groups is 1. The number of ether oxygens (including phenoxy) is 2. The number of hydrogen-bond acceptors (Lipinski definition) is 5. The van der Waals surface area contributed by atoms with E-state index >= 15 is 0 Å². The molecule has 0 aliphatic carbocycles. The van der Waals surface area contributed by atoms with E-state index in [1.165, 1.54) is 0 Å². The van der Waals surface area contributed by atoms with E-state index in [0.717, 1.165) is 39.9 Å². The fraction of sp³-hybridized carbons (Fsp3) is 0.190. The summed E-state index contributed by atoms with van der Waals surface area (Å²) in [4.78, 5) is 4.53. The van der Waals surface area contributed by atoms with Crippen molar-refractivity contribution in [2.45, 2.75) is 6.92 Å². The average Bonchev–Trinajstić information content (AvgIpc) is 3.13. The third kappa shape index (κ3) is 2.94. The summed E-state index contributed by atoms with van der Waals surface area (Å²) < 4.78 is 10.8. The van der Waals surface area contributed by atoms with Gasteiger partial charge < -0.3 is 9.47 Å². The van der Waals surface area contributed by atoms with Gasteiger partial charge in [0.15, 0.2) is 11.5 Å². The van der Waals surface area contributed by atoms with Crippen LogP contribution in [0.25, 0.3) is 5.70 Å². The molecule has 0 atom stereocenters. The summed E-state index contributed by atoms with van der Waals surface area (Å²) in [6.07, 6.45) is 5.92. The van der Waals surface area contributed by atoms with Gasteiger partial charge in [-0.25, -0.2) is 10.0 Å². The maximum atomic E-state index is 6.36. The van der Waals surface area contributed by atoms with Crippen molar-refractivity contribution in [2.24, 2.45) is 4.99 Å². The normalized spacial score (nSPS) is 15.4. The molecular formula is C21H20ClN3O2. The largest absolute Gasteiger partial charge is 0.493 e. The van der Waals surface area contributed by atoms with Crippen LogP contribution in [0.4, 0.5) is 5.69 Å². The van der Waals surface area contributed by atoms with E-state index in [4.69, 9.17) is 21.1 Å². The predicted molar refractivity (Wildman–Crippen MR) is 109 cm³/mol. The van der Waals surface area contributed by atoms with Gasteiger partial charge in [0.1, 0.15) is 5.82 Å². The molecule has 0 aromatic heterocycles. The summed E-state index contributed by atoms with van der Waals surface area (Å²) in [5.74, 6) is 2.28. The summed E-state index contributed by atoms with van der Waals surface area (Å²) in [6.45, 7) is 2.75.